The molecule has 2 nitrogen and oxygen atoms in total. The summed E-state index contributed by atoms with van der Waals surface area (Å²) in [7, 11) is 0. The third kappa shape index (κ3) is 1.36. The van der Waals surface area contributed by atoms with Crippen LogP contribution in [0, 0.1) is 5.41 Å². The summed E-state index contributed by atoms with van der Waals surface area (Å²) in [4.78, 5) is 4.05. The summed E-state index contributed by atoms with van der Waals surface area (Å²) in [6.45, 7) is 1.96. The minimum absolute atomic E-state index is 0.185. The zero-order valence-corrected chi connectivity index (χ0v) is 5.98. The fourth-order valence-electron chi connectivity index (χ4n) is 0.531. The molecule has 0 aliphatic heterocycles. The molecule has 1 rings (SSSR count). The number of rotatable bonds is 2. The van der Waals surface area contributed by atoms with E-state index in [1.807, 2.05) is 12.3 Å². The Balaban J connectivity index is 2.76. The predicted octanol–water partition coefficient (Wildman–Crippen LogP) is 1.90. The smallest absolute Gasteiger partial charge is 0.101 e. The van der Waals surface area contributed by atoms with Crippen LogP contribution in [0.3, 0.4) is 0 Å². The highest BCUT2D eigenvalue weighted by atomic mass is 32.1. The Morgan fingerprint density at radius 1 is 1.89 bits per heavy atom. The number of hydrogen-bond acceptors (Lipinski definition) is 3. The molecule has 1 N–H and O–H groups in total. The Hall–Kier alpha value is -0.700. The number of hydrogen-bond donors (Lipinski definition) is 1. The Morgan fingerprint density at radius 3 is 3.11 bits per heavy atom. The van der Waals surface area contributed by atoms with Gasteiger partial charge in [0.2, 0.25) is 0 Å². The minimum atomic E-state index is 0.185. The summed E-state index contributed by atoms with van der Waals surface area (Å²) < 4.78 is 0. The molecule has 0 aromatic carbocycles. The van der Waals surface area contributed by atoms with Crippen molar-refractivity contribution in [3.63, 3.8) is 0 Å². The molecule has 0 saturated heterocycles. The lowest BCUT2D eigenvalue weighted by Gasteiger charge is -1.95. The average molecular weight is 140 g/mol. The van der Waals surface area contributed by atoms with Crippen LogP contribution in [0.5, 0.6) is 0 Å². The highest BCUT2D eigenvalue weighted by molar-refractivity contribution is 7.09. The van der Waals surface area contributed by atoms with E-state index in [0.29, 0.717) is 0 Å². The molecule has 0 bridgehead atoms. The number of aromatic nitrogens is 1. The van der Waals surface area contributed by atoms with Gasteiger partial charge < -0.3 is 5.41 Å². The molecule has 0 radical (unpaired) electrons. The molecule has 9 heavy (non-hydrogen) atoms. The summed E-state index contributed by atoms with van der Waals surface area (Å²) >= 11 is 1.59. The molecular formula is C6H8N2S. The van der Waals surface area contributed by atoms with E-state index in [1.54, 1.807) is 17.5 Å². The van der Waals surface area contributed by atoms with Gasteiger partial charge in [-0.25, -0.2) is 4.98 Å². The zero-order valence-electron chi connectivity index (χ0n) is 5.16. The van der Waals surface area contributed by atoms with Crippen molar-refractivity contribution in [2.24, 2.45) is 0 Å². The van der Waals surface area contributed by atoms with Crippen molar-refractivity contribution < 1.29 is 0 Å². The van der Waals surface area contributed by atoms with Gasteiger partial charge in [0.25, 0.3) is 0 Å². The first-order valence-electron chi connectivity index (χ1n) is 2.74. The van der Waals surface area contributed by atoms with Gasteiger partial charge in [-0.2, -0.15) is 0 Å². The number of thiazole rings is 1. The topological polar surface area (TPSA) is 36.7 Å². The highest BCUT2D eigenvalue weighted by Gasteiger charge is 2.01. The Kier molecular flexibility index (Phi) is 1.95. The van der Waals surface area contributed by atoms with Gasteiger partial charge in [0.15, 0.2) is 0 Å². The van der Waals surface area contributed by atoms with Gasteiger partial charge in [-0.3, -0.25) is 0 Å². The molecule has 1 aromatic heterocycles. The van der Waals surface area contributed by atoms with E-state index in [4.69, 9.17) is 5.41 Å². The molecule has 0 spiro atoms. The number of nitrogens with one attached hydrogen (secondary N) is 1. The molecule has 0 saturated carbocycles. The second kappa shape index (κ2) is 2.73. The van der Waals surface area contributed by atoms with Crippen molar-refractivity contribution >= 4 is 17.6 Å². The molecule has 48 valence electrons. The van der Waals surface area contributed by atoms with Crippen LogP contribution in [-0.2, 0) is 0 Å². The van der Waals surface area contributed by atoms with Crippen LogP contribution in [0.25, 0.3) is 0 Å². The summed E-state index contributed by atoms with van der Waals surface area (Å²) in [6, 6.07) is 0. The summed E-state index contributed by atoms with van der Waals surface area (Å²) in [6.07, 6.45) is 3.17. The van der Waals surface area contributed by atoms with E-state index in [-0.39, 0.29) is 5.92 Å². The zero-order chi connectivity index (χ0) is 6.69. The first kappa shape index (κ1) is 6.42. The maximum Gasteiger partial charge on any atom is 0.101 e. The van der Waals surface area contributed by atoms with Crippen molar-refractivity contribution in [1.82, 2.24) is 4.98 Å². The molecule has 3 heteroatoms. The van der Waals surface area contributed by atoms with Gasteiger partial charge in [0.05, 0.1) is 0 Å². The molecular weight excluding hydrogens is 132 g/mol. The maximum atomic E-state index is 6.93. The molecule has 0 amide bonds. The Labute approximate surface area is 58.1 Å². The number of nitrogens with zero attached hydrogens (tertiary/aromatic N) is 1. The van der Waals surface area contributed by atoms with Crippen LogP contribution < -0.4 is 0 Å². The third-order valence-electron chi connectivity index (χ3n) is 1.09. The van der Waals surface area contributed by atoms with Gasteiger partial charge in [0, 0.05) is 23.7 Å². The standard InChI is InChI=1S/C6H8N2S/c1-5(4-7)6-8-2-3-9-6/h2-5,7H,1H3. The van der Waals surface area contributed by atoms with Crippen molar-refractivity contribution in [2.75, 3.05) is 0 Å². The van der Waals surface area contributed by atoms with Crippen LogP contribution in [0.15, 0.2) is 11.6 Å². The van der Waals surface area contributed by atoms with Gasteiger partial charge in [0.1, 0.15) is 5.01 Å². The highest BCUT2D eigenvalue weighted by Crippen LogP contribution is 2.14. The van der Waals surface area contributed by atoms with Gasteiger partial charge in [-0.15, -0.1) is 11.3 Å². The monoisotopic (exact) mass is 140 g/mol. The van der Waals surface area contributed by atoms with Gasteiger partial charge >= 0.3 is 0 Å². The van der Waals surface area contributed by atoms with Crippen LogP contribution in [0.1, 0.15) is 17.8 Å². The van der Waals surface area contributed by atoms with Crippen LogP contribution in [-0.4, -0.2) is 11.2 Å². The fourth-order valence-corrected chi connectivity index (χ4v) is 1.20. The van der Waals surface area contributed by atoms with E-state index < -0.39 is 0 Å². The van der Waals surface area contributed by atoms with Crippen molar-refractivity contribution in [3.8, 4) is 0 Å². The first-order valence-corrected chi connectivity index (χ1v) is 3.62. The summed E-state index contributed by atoms with van der Waals surface area (Å²) in [5, 5.41) is 9.87. The second-order valence-electron chi connectivity index (χ2n) is 1.83. The van der Waals surface area contributed by atoms with Crippen molar-refractivity contribution in [1.29, 1.82) is 5.41 Å². The second-order valence-corrected chi connectivity index (χ2v) is 2.75. The van der Waals surface area contributed by atoms with Crippen molar-refractivity contribution in [2.45, 2.75) is 12.8 Å². The average Bonchev–Trinajstić information content (AvgIpc) is 2.37. The molecule has 0 aliphatic carbocycles. The first-order chi connectivity index (χ1) is 4.34. The molecule has 1 atom stereocenters. The SMILES string of the molecule is CC(C=N)c1nccs1. The van der Waals surface area contributed by atoms with Crippen molar-refractivity contribution in [3.05, 3.63) is 16.6 Å². The van der Waals surface area contributed by atoms with E-state index in [1.165, 1.54) is 6.21 Å². The van der Waals surface area contributed by atoms with E-state index in [9.17, 15) is 0 Å². The van der Waals surface area contributed by atoms with E-state index in [2.05, 4.69) is 4.98 Å². The van der Waals surface area contributed by atoms with E-state index in [0.717, 1.165) is 5.01 Å². The van der Waals surface area contributed by atoms with Gasteiger partial charge in [-0.05, 0) is 0 Å². The largest absolute Gasteiger partial charge is 0.312 e. The Bertz CT molecular complexity index is 181. The van der Waals surface area contributed by atoms with Crippen LogP contribution >= 0.6 is 11.3 Å². The quantitative estimate of drug-likeness (QED) is 0.626. The molecule has 0 fully saturated rings. The molecule has 1 unspecified atom stereocenters. The van der Waals surface area contributed by atoms with E-state index >= 15 is 0 Å². The van der Waals surface area contributed by atoms with Crippen LogP contribution in [0.4, 0.5) is 0 Å². The lowest BCUT2D eigenvalue weighted by molar-refractivity contribution is 1.01. The minimum Gasteiger partial charge on any atom is -0.312 e. The molecule has 1 aromatic rings. The summed E-state index contributed by atoms with van der Waals surface area (Å²) in [5.74, 6) is 0.185. The van der Waals surface area contributed by atoms with Gasteiger partial charge in [-0.1, -0.05) is 6.92 Å². The molecule has 1 heterocycles. The fraction of sp³-hybridized carbons (Fsp3) is 0.333. The van der Waals surface area contributed by atoms with Crippen LogP contribution in [0.2, 0.25) is 0 Å². The maximum absolute atomic E-state index is 6.93. The summed E-state index contributed by atoms with van der Waals surface area (Å²) in [5.41, 5.74) is 0. The predicted molar refractivity (Wildman–Crippen MR) is 39.3 cm³/mol. The third-order valence-corrected chi connectivity index (χ3v) is 2.07. The molecule has 0 aliphatic rings. The Morgan fingerprint density at radius 2 is 2.67 bits per heavy atom. The lowest BCUT2D eigenvalue weighted by atomic mass is 10.2. The normalized spacial score (nSPS) is 13.0. The lowest BCUT2D eigenvalue weighted by Crippen LogP contribution is -1.90.